The Morgan fingerprint density at radius 1 is 0.680 bits per heavy atom. The molecule has 0 aromatic heterocycles. The molecule has 0 saturated heterocycles. The van der Waals surface area contributed by atoms with E-state index in [4.69, 9.17) is 0 Å². The highest BCUT2D eigenvalue weighted by Gasteiger charge is 2.16. The smallest absolute Gasteiger partial charge is 0.248 e. The Balaban J connectivity index is 3.25. The number of unbranched alkanes of at least 4 members (excludes halogenated alkanes) is 13. The third-order valence-electron chi connectivity index (χ3n) is 4.63. The highest BCUT2D eigenvalue weighted by atomic mass is 17.2. The van der Waals surface area contributed by atoms with E-state index in [1.807, 2.05) is 6.92 Å². The summed E-state index contributed by atoms with van der Waals surface area (Å²) in [5.74, 6) is -1.27. The van der Waals surface area contributed by atoms with E-state index < -0.39 is 11.9 Å². The van der Waals surface area contributed by atoms with Crippen molar-refractivity contribution >= 4 is 11.9 Å². The normalized spacial score (nSPS) is 12.0. The van der Waals surface area contributed by atoms with E-state index in [-0.39, 0.29) is 5.92 Å². The van der Waals surface area contributed by atoms with Gasteiger partial charge in [-0.15, -0.1) is 0 Å². The Hall–Kier alpha value is -1.06. The van der Waals surface area contributed by atoms with Crippen molar-refractivity contribution < 1.29 is 19.4 Å². The minimum Gasteiger partial charge on any atom is -0.248 e. The van der Waals surface area contributed by atoms with Crippen LogP contribution in [0.3, 0.4) is 0 Å². The molecule has 0 aliphatic carbocycles. The second-order valence-electron chi connectivity index (χ2n) is 7.26. The van der Waals surface area contributed by atoms with Gasteiger partial charge in [-0.3, -0.25) is 0 Å². The largest absolute Gasteiger partial charge is 0.358 e. The van der Waals surface area contributed by atoms with Gasteiger partial charge in [-0.25, -0.2) is 19.4 Å². The van der Waals surface area contributed by atoms with E-state index in [1.54, 1.807) is 0 Å². The molecule has 0 fully saturated rings. The van der Waals surface area contributed by atoms with Crippen molar-refractivity contribution in [3.63, 3.8) is 0 Å². The first-order valence-electron chi connectivity index (χ1n) is 10.5. The van der Waals surface area contributed by atoms with Gasteiger partial charge in [0.25, 0.3) is 0 Å². The lowest BCUT2D eigenvalue weighted by molar-refractivity contribution is -0.260. The molecule has 0 radical (unpaired) electrons. The molecule has 1 unspecified atom stereocenters. The molecule has 0 saturated carbocycles. The molecule has 1 atom stereocenters. The van der Waals surface area contributed by atoms with Gasteiger partial charge in [0, 0.05) is 6.92 Å². The number of rotatable bonds is 16. The topological polar surface area (TPSA) is 52.6 Å². The lowest BCUT2D eigenvalue weighted by Gasteiger charge is -2.08. The number of hydrogen-bond donors (Lipinski definition) is 0. The van der Waals surface area contributed by atoms with Crippen molar-refractivity contribution in [2.24, 2.45) is 5.92 Å². The zero-order valence-electron chi connectivity index (χ0n) is 16.8. The Morgan fingerprint density at radius 2 is 1.08 bits per heavy atom. The van der Waals surface area contributed by atoms with Crippen LogP contribution in [0, 0.1) is 5.92 Å². The minimum atomic E-state index is -0.600. The predicted molar refractivity (Wildman–Crippen MR) is 102 cm³/mol. The standard InChI is InChI=1S/C21H40O4/c1-4-5-6-7-8-9-10-11-12-13-14-15-16-17-18-19(2)21(23)25-24-20(3)22/h19H,4-18H2,1-3H3. The summed E-state index contributed by atoms with van der Waals surface area (Å²) in [6, 6.07) is 0. The molecule has 4 heteroatoms. The van der Waals surface area contributed by atoms with Crippen LogP contribution in [0.4, 0.5) is 0 Å². The average Bonchev–Trinajstić information content (AvgIpc) is 2.59. The highest BCUT2D eigenvalue weighted by molar-refractivity contribution is 5.73. The van der Waals surface area contributed by atoms with Crippen molar-refractivity contribution in [1.29, 1.82) is 0 Å². The first-order valence-corrected chi connectivity index (χ1v) is 10.5. The third-order valence-corrected chi connectivity index (χ3v) is 4.63. The van der Waals surface area contributed by atoms with Crippen LogP contribution in [0.15, 0.2) is 0 Å². The number of carbonyl (C=O) groups is 2. The van der Waals surface area contributed by atoms with Gasteiger partial charge < -0.3 is 0 Å². The van der Waals surface area contributed by atoms with Crippen LogP contribution in [0.1, 0.15) is 117 Å². The van der Waals surface area contributed by atoms with Gasteiger partial charge in [0.1, 0.15) is 0 Å². The molecule has 148 valence electrons. The second-order valence-corrected chi connectivity index (χ2v) is 7.26. The molecule has 0 aliphatic rings. The van der Waals surface area contributed by atoms with E-state index in [1.165, 1.54) is 84.0 Å². The van der Waals surface area contributed by atoms with Gasteiger partial charge in [0.05, 0.1) is 5.92 Å². The Bertz CT molecular complexity index is 328. The van der Waals surface area contributed by atoms with Crippen LogP contribution < -0.4 is 0 Å². The van der Waals surface area contributed by atoms with Crippen molar-refractivity contribution in [1.82, 2.24) is 0 Å². The van der Waals surface area contributed by atoms with Crippen LogP contribution in [-0.4, -0.2) is 11.9 Å². The first-order chi connectivity index (χ1) is 12.1. The SMILES string of the molecule is CCCCCCCCCCCCCCCCC(C)C(=O)OOC(C)=O. The molecule has 0 rings (SSSR count). The summed E-state index contributed by atoms with van der Waals surface area (Å²) in [7, 11) is 0. The average molecular weight is 357 g/mol. The van der Waals surface area contributed by atoms with Crippen molar-refractivity contribution in [2.45, 2.75) is 117 Å². The van der Waals surface area contributed by atoms with E-state index in [0.29, 0.717) is 0 Å². The zero-order chi connectivity index (χ0) is 18.8. The summed E-state index contributed by atoms with van der Waals surface area (Å²) in [6.45, 7) is 5.29. The summed E-state index contributed by atoms with van der Waals surface area (Å²) in [5.41, 5.74) is 0. The number of carbonyl (C=O) groups excluding carboxylic acids is 2. The van der Waals surface area contributed by atoms with Crippen LogP contribution in [-0.2, 0) is 19.4 Å². The van der Waals surface area contributed by atoms with Gasteiger partial charge in [0.2, 0.25) is 0 Å². The lowest BCUT2D eigenvalue weighted by atomic mass is 10.0. The van der Waals surface area contributed by atoms with E-state index >= 15 is 0 Å². The fraction of sp³-hybridized carbons (Fsp3) is 0.905. The third kappa shape index (κ3) is 17.6. The summed E-state index contributed by atoms with van der Waals surface area (Å²) in [4.78, 5) is 30.8. The highest BCUT2D eigenvalue weighted by Crippen LogP contribution is 2.15. The molecule has 0 spiro atoms. The first kappa shape index (κ1) is 23.9. The summed E-state index contributed by atoms with van der Waals surface area (Å²) in [5, 5.41) is 0. The zero-order valence-corrected chi connectivity index (χ0v) is 16.8. The van der Waals surface area contributed by atoms with Crippen LogP contribution in [0.25, 0.3) is 0 Å². The number of hydrogen-bond acceptors (Lipinski definition) is 4. The molecule has 0 aromatic rings. The predicted octanol–water partition coefficient (Wildman–Crippen LogP) is 6.52. The summed E-state index contributed by atoms with van der Waals surface area (Å²) >= 11 is 0. The quantitative estimate of drug-likeness (QED) is 0.179. The lowest BCUT2D eigenvalue weighted by Crippen LogP contribution is -2.16. The molecule has 25 heavy (non-hydrogen) atoms. The van der Waals surface area contributed by atoms with Crippen molar-refractivity contribution in [2.75, 3.05) is 0 Å². The fourth-order valence-corrected chi connectivity index (χ4v) is 2.94. The molecular weight excluding hydrogens is 316 g/mol. The van der Waals surface area contributed by atoms with Gasteiger partial charge >= 0.3 is 11.9 Å². The summed E-state index contributed by atoms with van der Waals surface area (Å²) < 4.78 is 0. The molecule has 0 N–H and O–H groups in total. The van der Waals surface area contributed by atoms with Crippen LogP contribution >= 0.6 is 0 Å². The molecule has 4 nitrogen and oxygen atoms in total. The summed E-state index contributed by atoms with van der Waals surface area (Å²) in [6.07, 6.45) is 19.4. The van der Waals surface area contributed by atoms with Gasteiger partial charge in [-0.05, 0) is 6.42 Å². The monoisotopic (exact) mass is 356 g/mol. The molecule has 0 aromatic carbocycles. The van der Waals surface area contributed by atoms with Crippen molar-refractivity contribution in [3.8, 4) is 0 Å². The Labute approximate surface area is 155 Å². The molecule has 0 amide bonds. The van der Waals surface area contributed by atoms with Gasteiger partial charge in [0.15, 0.2) is 0 Å². The van der Waals surface area contributed by atoms with Crippen molar-refractivity contribution in [3.05, 3.63) is 0 Å². The second kappa shape index (κ2) is 17.8. The maximum atomic E-state index is 11.5. The van der Waals surface area contributed by atoms with Gasteiger partial charge in [-0.2, -0.15) is 0 Å². The van der Waals surface area contributed by atoms with Crippen LogP contribution in [0.2, 0.25) is 0 Å². The molecule has 0 aliphatic heterocycles. The van der Waals surface area contributed by atoms with E-state index in [2.05, 4.69) is 16.7 Å². The maximum Gasteiger partial charge on any atom is 0.358 e. The maximum absolute atomic E-state index is 11.5. The van der Waals surface area contributed by atoms with E-state index in [9.17, 15) is 9.59 Å². The van der Waals surface area contributed by atoms with Crippen LogP contribution in [0.5, 0.6) is 0 Å². The molecule has 0 heterocycles. The van der Waals surface area contributed by atoms with E-state index in [0.717, 1.165) is 19.3 Å². The van der Waals surface area contributed by atoms with Gasteiger partial charge in [-0.1, -0.05) is 104 Å². The molecule has 0 bridgehead atoms. The molecular formula is C21H40O4. The Morgan fingerprint density at radius 3 is 1.48 bits per heavy atom. The Kier molecular flexibility index (Phi) is 17.0. The minimum absolute atomic E-state index is 0.211. The fourth-order valence-electron chi connectivity index (χ4n) is 2.94.